The largest absolute Gasteiger partial charge is 0.441 e. The van der Waals surface area contributed by atoms with E-state index < -0.39 is 41.0 Å². The van der Waals surface area contributed by atoms with Crippen LogP contribution in [-0.4, -0.2) is 56.9 Å². The molecule has 1 radical (unpaired) electrons. The number of nitrogens with one attached hydrogen (secondary N) is 1. The van der Waals surface area contributed by atoms with Crippen molar-refractivity contribution in [1.82, 2.24) is 0 Å². The van der Waals surface area contributed by atoms with Gasteiger partial charge in [0.05, 0.1) is 4.90 Å². The van der Waals surface area contributed by atoms with Crippen molar-refractivity contribution >= 4 is 55.1 Å². The second-order valence-corrected chi connectivity index (χ2v) is 8.54. The van der Waals surface area contributed by atoms with Gasteiger partial charge in [0.15, 0.2) is 0 Å². The maximum Gasteiger partial charge on any atom is 0.441 e. The van der Waals surface area contributed by atoms with E-state index in [2.05, 4.69) is 0 Å². The summed E-state index contributed by atoms with van der Waals surface area (Å²) >= 11 is 0. The Morgan fingerprint density at radius 1 is 0.692 bits per heavy atom. The fourth-order valence-corrected chi connectivity index (χ4v) is 4.46. The van der Waals surface area contributed by atoms with Crippen molar-refractivity contribution in [2.24, 2.45) is 0 Å². The molecule has 0 saturated heterocycles. The molecule has 0 fully saturated rings. The van der Waals surface area contributed by atoms with Crippen molar-refractivity contribution in [2.75, 3.05) is 4.72 Å². The second-order valence-electron chi connectivity index (χ2n) is 4.82. The molecule has 0 bridgehead atoms. The monoisotopic (exact) mass is 420 g/mol. The van der Waals surface area contributed by atoms with Crippen molar-refractivity contribution in [2.45, 2.75) is 15.4 Å². The molecule has 26 heavy (non-hydrogen) atoms. The summed E-state index contributed by atoms with van der Waals surface area (Å²) in [5.74, 6) is 0. The van der Waals surface area contributed by atoms with E-state index in [1.807, 2.05) is 0 Å². The van der Waals surface area contributed by atoms with E-state index in [1.165, 1.54) is 29.0 Å². The number of benzene rings is 2. The molecule has 0 atom stereocenters. The van der Waals surface area contributed by atoms with Gasteiger partial charge in [0, 0.05) is 35.2 Å². The summed E-state index contributed by atoms with van der Waals surface area (Å²) in [6, 6.07) is 10.7. The number of halogens is 4. The average molecular weight is 420 g/mol. The van der Waals surface area contributed by atoms with Gasteiger partial charge >= 0.3 is 20.5 Å². The second kappa shape index (κ2) is 7.85. The molecule has 1 N–H and O–H groups in total. The molecule has 0 unspecified atom stereocenters. The Hall–Kier alpha value is -1.14. The topological polar surface area (TPSA) is 80.3 Å². The first-order valence-corrected chi connectivity index (χ1v) is 9.53. The van der Waals surface area contributed by atoms with Gasteiger partial charge in [-0.15, -0.1) is 0 Å². The van der Waals surface area contributed by atoms with Gasteiger partial charge in [0.1, 0.15) is 0 Å². The van der Waals surface area contributed by atoms with Crippen LogP contribution >= 0.6 is 0 Å². The predicted octanol–water partition coefficient (Wildman–Crippen LogP) is 2.71. The molecule has 2 aromatic carbocycles. The van der Waals surface area contributed by atoms with Crippen LogP contribution in [0.2, 0.25) is 0 Å². The maximum atomic E-state index is 14.1. The van der Waals surface area contributed by atoms with E-state index in [0.29, 0.717) is 12.1 Å². The van der Waals surface area contributed by atoms with E-state index in [4.69, 9.17) is 0 Å². The van der Waals surface area contributed by atoms with Crippen LogP contribution in [0.15, 0.2) is 65.6 Å². The molecule has 5 nitrogen and oxygen atoms in total. The summed E-state index contributed by atoms with van der Waals surface area (Å²) in [7, 11) is -12.0. The number of sulfonamides is 1. The van der Waals surface area contributed by atoms with E-state index in [-0.39, 0.29) is 29.6 Å². The minimum atomic E-state index is -6.07. The molecule has 0 amide bonds. The van der Waals surface area contributed by atoms with Crippen LogP contribution in [0, 0.1) is 0 Å². The first-order chi connectivity index (χ1) is 11.4. The Bertz CT molecular complexity index is 953. The van der Waals surface area contributed by atoms with Crippen LogP contribution in [0.1, 0.15) is 0 Å². The summed E-state index contributed by atoms with van der Waals surface area (Å²) < 4.78 is 105. The zero-order valence-electron chi connectivity index (χ0n) is 13.2. The van der Waals surface area contributed by atoms with Crippen LogP contribution in [0.25, 0.3) is 0 Å². The molecule has 12 heteroatoms. The SMILES string of the molecule is O=S(=O)(Nc1ccccc1)C(F)(F)C(F)(F)S(=O)(=O)c1ccccc1.[Na]. The summed E-state index contributed by atoms with van der Waals surface area (Å²) in [4.78, 5) is -1.13. The third-order valence-electron chi connectivity index (χ3n) is 3.09. The summed E-state index contributed by atoms with van der Waals surface area (Å²) in [5, 5.41) is -11.8. The molecule has 2 aromatic rings. The Kier molecular flexibility index (Phi) is 6.91. The van der Waals surface area contributed by atoms with Gasteiger partial charge in [-0.1, -0.05) is 36.4 Å². The minimum absolute atomic E-state index is 0. The van der Waals surface area contributed by atoms with Crippen molar-refractivity contribution in [3.8, 4) is 0 Å². The van der Waals surface area contributed by atoms with Crippen LogP contribution in [-0.2, 0) is 19.9 Å². The molecule has 0 heterocycles. The zero-order valence-corrected chi connectivity index (χ0v) is 16.9. The van der Waals surface area contributed by atoms with Crippen LogP contribution < -0.4 is 4.72 Å². The predicted molar refractivity (Wildman–Crippen MR) is 88.3 cm³/mol. The number of anilines is 1. The van der Waals surface area contributed by atoms with Gasteiger partial charge in [-0.25, -0.2) is 8.42 Å². The molecular formula is C14H11F4NNaO4S2. The number of para-hydroxylation sites is 1. The number of rotatable bonds is 6. The standard InChI is InChI=1S/C14H11F4NO4S2.Na/c15-13(16,24(20,21)12-9-5-2-6-10-12)14(17,18)25(22,23)19-11-7-3-1-4-8-11;/h1-10,19H;. The number of hydrogen-bond acceptors (Lipinski definition) is 4. The van der Waals surface area contributed by atoms with E-state index in [0.717, 1.165) is 24.3 Å². The smallest absolute Gasteiger partial charge is 0.278 e. The zero-order chi connectivity index (χ0) is 18.9. The Morgan fingerprint density at radius 2 is 1.12 bits per heavy atom. The first kappa shape index (κ1) is 22.9. The number of alkyl halides is 4. The summed E-state index contributed by atoms with van der Waals surface area (Å²) in [6.07, 6.45) is 0. The molecule has 0 aliphatic heterocycles. The fraction of sp³-hybridized carbons (Fsp3) is 0.143. The van der Waals surface area contributed by atoms with Crippen LogP contribution in [0.4, 0.5) is 23.2 Å². The van der Waals surface area contributed by atoms with Crippen molar-refractivity contribution in [3.05, 3.63) is 60.7 Å². The molecular weight excluding hydrogens is 409 g/mol. The van der Waals surface area contributed by atoms with Crippen molar-refractivity contribution in [3.63, 3.8) is 0 Å². The third-order valence-corrected chi connectivity index (χ3v) is 6.48. The van der Waals surface area contributed by atoms with Crippen LogP contribution in [0.3, 0.4) is 0 Å². The van der Waals surface area contributed by atoms with Crippen LogP contribution in [0.5, 0.6) is 0 Å². The molecule has 0 aliphatic carbocycles. The molecule has 0 spiro atoms. The Balaban J connectivity index is 0.00000338. The van der Waals surface area contributed by atoms with Crippen molar-refractivity contribution < 1.29 is 34.4 Å². The molecule has 0 aliphatic rings. The molecule has 137 valence electrons. The Labute approximate surface area is 169 Å². The van der Waals surface area contributed by atoms with Gasteiger partial charge in [0.2, 0.25) is 0 Å². The number of sulfone groups is 1. The van der Waals surface area contributed by atoms with Crippen molar-refractivity contribution in [1.29, 1.82) is 0 Å². The van der Waals surface area contributed by atoms with Gasteiger partial charge in [-0.3, -0.25) is 4.72 Å². The number of hydrogen-bond donors (Lipinski definition) is 1. The maximum absolute atomic E-state index is 14.1. The summed E-state index contributed by atoms with van der Waals surface area (Å²) in [5.41, 5.74) is -0.421. The normalized spacial score (nSPS) is 12.9. The van der Waals surface area contributed by atoms with Gasteiger partial charge in [-0.05, 0) is 24.3 Å². The summed E-state index contributed by atoms with van der Waals surface area (Å²) in [6.45, 7) is 0. The molecule has 0 saturated carbocycles. The van der Waals surface area contributed by atoms with E-state index in [9.17, 15) is 34.4 Å². The van der Waals surface area contributed by atoms with Gasteiger partial charge < -0.3 is 0 Å². The van der Waals surface area contributed by atoms with E-state index in [1.54, 1.807) is 0 Å². The third kappa shape index (κ3) is 3.91. The Morgan fingerprint density at radius 3 is 1.58 bits per heavy atom. The van der Waals surface area contributed by atoms with Gasteiger partial charge in [0.25, 0.3) is 9.84 Å². The van der Waals surface area contributed by atoms with E-state index >= 15 is 0 Å². The minimum Gasteiger partial charge on any atom is -0.278 e. The average Bonchev–Trinajstić information content (AvgIpc) is 2.55. The van der Waals surface area contributed by atoms with Gasteiger partial charge in [-0.2, -0.15) is 26.0 Å². The molecule has 0 aromatic heterocycles. The molecule has 2 rings (SSSR count). The fourth-order valence-electron chi connectivity index (χ4n) is 1.79. The quantitative estimate of drug-likeness (QED) is 0.576. The first-order valence-electron chi connectivity index (χ1n) is 6.56.